The van der Waals surface area contributed by atoms with Gasteiger partial charge in [0.1, 0.15) is 5.69 Å². The summed E-state index contributed by atoms with van der Waals surface area (Å²) in [6.07, 6.45) is 3.65. The van der Waals surface area contributed by atoms with Crippen molar-refractivity contribution in [2.45, 2.75) is 13.8 Å². The SMILES string of the molecule is Cc1nc(C(=O)Nc2nc(-c3ccccc3)c(-c3nccn3C)s2)c(C)s1. The number of amides is 1. The van der Waals surface area contributed by atoms with E-state index in [2.05, 4.69) is 20.3 Å². The van der Waals surface area contributed by atoms with Gasteiger partial charge in [0.15, 0.2) is 11.0 Å². The van der Waals surface area contributed by atoms with Crippen molar-refractivity contribution in [2.75, 3.05) is 5.32 Å². The van der Waals surface area contributed by atoms with Crippen LogP contribution in [0.25, 0.3) is 22.0 Å². The molecule has 0 radical (unpaired) electrons. The number of carbonyl (C=O) groups excluding carboxylic acids is 1. The second-order valence-corrected chi connectivity index (χ2v) is 8.42. The van der Waals surface area contributed by atoms with Crippen molar-refractivity contribution in [1.82, 2.24) is 19.5 Å². The summed E-state index contributed by atoms with van der Waals surface area (Å²) in [7, 11) is 1.94. The fourth-order valence-electron chi connectivity index (χ4n) is 2.80. The number of thiazole rings is 2. The minimum absolute atomic E-state index is 0.239. The van der Waals surface area contributed by atoms with Crippen molar-refractivity contribution in [2.24, 2.45) is 7.05 Å². The lowest BCUT2D eigenvalue weighted by Gasteiger charge is -2.02. The maximum absolute atomic E-state index is 12.6. The standard InChI is InChI=1S/C19H17N5OS2/c1-11-14(21-12(2)26-11)18(25)23-19-22-15(13-7-5-4-6-8-13)16(27-19)17-20-9-10-24(17)3/h4-10H,1-3H3,(H,22,23,25). The first-order valence-electron chi connectivity index (χ1n) is 8.32. The van der Waals surface area contributed by atoms with Crippen LogP contribution in [-0.4, -0.2) is 25.4 Å². The van der Waals surface area contributed by atoms with E-state index in [0.29, 0.717) is 10.8 Å². The number of nitrogens with one attached hydrogen (secondary N) is 1. The average molecular weight is 396 g/mol. The zero-order chi connectivity index (χ0) is 19.0. The van der Waals surface area contributed by atoms with Crippen LogP contribution in [0.4, 0.5) is 5.13 Å². The molecule has 1 amide bonds. The lowest BCUT2D eigenvalue weighted by atomic mass is 10.1. The molecule has 0 aliphatic heterocycles. The highest BCUT2D eigenvalue weighted by Gasteiger charge is 2.21. The van der Waals surface area contributed by atoms with Crippen LogP contribution >= 0.6 is 22.7 Å². The molecule has 3 heterocycles. The van der Waals surface area contributed by atoms with Gasteiger partial charge in [0.2, 0.25) is 0 Å². The summed E-state index contributed by atoms with van der Waals surface area (Å²) >= 11 is 2.92. The van der Waals surface area contributed by atoms with Crippen LogP contribution in [0.2, 0.25) is 0 Å². The van der Waals surface area contributed by atoms with E-state index in [1.165, 1.54) is 22.7 Å². The number of aryl methyl sites for hydroxylation is 3. The van der Waals surface area contributed by atoms with Gasteiger partial charge in [-0.05, 0) is 13.8 Å². The summed E-state index contributed by atoms with van der Waals surface area (Å²) in [5.41, 5.74) is 2.23. The van der Waals surface area contributed by atoms with Gasteiger partial charge in [-0.15, -0.1) is 11.3 Å². The molecule has 136 valence electrons. The van der Waals surface area contributed by atoms with E-state index >= 15 is 0 Å². The van der Waals surface area contributed by atoms with Crippen molar-refractivity contribution in [3.05, 3.63) is 58.3 Å². The number of benzene rings is 1. The first kappa shape index (κ1) is 17.6. The van der Waals surface area contributed by atoms with Gasteiger partial charge in [-0.25, -0.2) is 15.0 Å². The lowest BCUT2D eigenvalue weighted by molar-refractivity contribution is 0.102. The maximum atomic E-state index is 12.6. The largest absolute Gasteiger partial charge is 0.333 e. The summed E-state index contributed by atoms with van der Waals surface area (Å²) in [4.78, 5) is 27.9. The van der Waals surface area contributed by atoms with Gasteiger partial charge in [0.25, 0.3) is 5.91 Å². The summed E-state index contributed by atoms with van der Waals surface area (Å²) in [6, 6.07) is 9.90. The molecule has 0 saturated heterocycles. The molecule has 3 aromatic heterocycles. The van der Waals surface area contributed by atoms with Crippen LogP contribution in [0, 0.1) is 13.8 Å². The molecule has 8 heteroatoms. The molecule has 0 unspecified atom stereocenters. The predicted molar refractivity (Wildman–Crippen MR) is 109 cm³/mol. The molecule has 1 N–H and O–H groups in total. The predicted octanol–water partition coefficient (Wildman–Crippen LogP) is 4.54. The second kappa shape index (κ2) is 7.05. The highest BCUT2D eigenvalue weighted by Crippen LogP contribution is 2.38. The van der Waals surface area contributed by atoms with E-state index in [1.807, 2.05) is 62.0 Å². The second-order valence-electron chi connectivity index (χ2n) is 6.02. The Morgan fingerprint density at radius 3 is 2.52 bits per heavy atom. The van der Waals surface area contributed by atoms with Gasteiger partial charge in [-0.2, -0.15) is 0 Å². The number of hydrogen-bond acceptors (Lipinski definition) is 6. The monoisotopic (exact) mass is 395 g/mol. The Labute approximate surface area is 164 Å². The molecular formula is C19H17N5OS2. The first-order valence-corrected chi connectivity index (χ1v) is 9.95. The number of rotatable bonds is 4. The van der Waals surface area contributed by atoms with Gasteiger partial charge in [-0.3, -0.25) is 10.1 Å². The molecule has 1 aromatic carbocycles. The first-order chi connectivity index (χ1) is 13.0. The molecule has 0 fully saturated rings. The summed E-state index contributed by atoms with van der Waals surface area (Å²) in [5, 5.41) is 4.30. The Hall–Kier alpha value is -2.84. The van der Waals surface area contributed by atoms with Crippen LogP contribution in [-0.2, 0) is 7.05 Å². The average Bonchev–Trinajstić information content (AvgIpc) is 3.34. The van der Waals surface area contributed by atoms with E-state index in [4.69, 9.17) is 0 Å². The normalized spacial score (nSPS) is 10.9. The van der Waals surface area contributed by atoms with Crippen molar-refractivity contribution < 1.29 is 4.79 Å². The molecule has 6 nitrogen and oxygen atoms in total. The van der Waals surface area contributed by atoms with Crippen LogP contribution in [0.15, 0.2) is 42.7 Å². The smallest absolute Gasteiger partial charge is 0.277 e. The summed E-state index contributed by atoms with van der Waals surface area (Å²) in [6.45, 7) is 3.79. The van der Waals surface area contributed by atoms with Crippen molar-refractivity contribution in [3.63, 3.8) is 0 Å². The van der Waals surface area contributed by atoms with E-state index in [9.17, 15) is 4.79 Å². The van der Waals surface area contributed by atoms with Crippen molar-refractivity contribution >= 4 is 33.7 Å². The third-order valence-corrected chi connectivity index (χ3v) is 5.89. The highest BCUT2D eigenvalue weighted by molar-refractivity contribution is 7.19. The van der Waals surface area contributed by atoms with E-state index in [0.717, 1.165) is 31.8 Å². The van der Waals surface area contributed by atoms with Gasteiger partial charge in [0, 0.05) is 29.9 Å². The number of imidazole rings is 1. The number of aromatic nitrogens is 4. The van der Waals surface area contributed by atoms with Crippen LogP contribution < -0.4 is 5.32 Å². The molecule has 0 aliphatic carbocycles. The zero-order valence-corrected chi connectivity index (χ0v) is 16.7. The maximum Gasteiger partial charge on any atom is 0.277 e. The number of nitrogens with zero attached hydrogens (tertiary/aromatic N) is 4. The lowest BCUT2D eigenvalue weighted by Crippen LogP contribution is -2.13. The Morgan fingerprint density at radius 1 is 1.11 bits per heavy atom. The number of carbonyl (C=O) groups is 1. The van der Waals surface area contributed by atoms with Crippen molar-refractivity contribution in [3.8, 4) is 22.0 Å². The minimum atomic E-state index is -0.239. The molecule has 0 spiro atoms. The van der Waals surface area contributed by atoms with Gasteiger partial charge < -0.3 is 4.57 Å². The molecule has 27 heavy (non-hydrogen) atoms. The molecule has 4 aromatic rings. The molecular weight excluding hydrogens is 378 g/mol. The van der Waals surface area contributed by atoms with Gasteiger partial charge >= 0.3 is 0 Å². The fourth-order valence-corrected chi connectivity index (χ4v) is 4.63. The molecule has 4 rings (SSSR count). The molecule has 0 saturated carbocycles. The Bertz CT molecular complexity index is 1110. The molecule has 0 aliphatic rings. The number of hydrogen-bond donors (Lipinski definition) is 1. The molecule has 0 atom stereocenters. The summed E-state index contributed by atoms with van der Waals surface area (Å²) < 4.78 is 1.94. The minimum Gasteiger partial charge on any atom is -0.333 e. The van der Waals surface area contributed by atoms with Crippen LogP contribution in [0.5, 0.6) is 0 Å². The van der Waals surface area contributed by atoms with E-state index in [-0.39, 0.29) is 5.91 Å². The Kier molecular flexibility index (Phi) is 4.59. The third kappa shape index (κ3) is 3.41. The summed E-state index contributed by atoms with van der Waals surface area (Å²) in [5.74, 6) is 0.573. The fraction of sp³-hybridized carbons (Fsp3) is 0.158. The number of anilines is 1. The third-order valence-electron chi connectivity index (χ3n) is 4.04. The van der Waals surface area contributed by atoms with Crippen LogP contribution in [0.3, 0.4) is 0 Å². The topological polar surface area (TPSA) is 72.7 Å². The highest BCUT2D eigenvalue weighted by atomic mass is 32.1. The molecule has 0 bridgehead atoms. The Morgan fingerprint density at radius 2 is 1.89 bits per heavy atom. The van der Waals surface area contributed by atoms with E-state index in [1.54, 1.807) is 6.20 Å². The van der Waals surface area contributed by atoms with Gasteiger partial charge in [0.05, 0.1) is 15.6 Å². The van der Waals surface area contributed by atoms with Gasteiger partial charge in [-0.1, -0.05) is 41.7 Å². The zero-order valence-electron chi connectivity index (χ0n) is 15.1. The van der Waals surface area contributed by atoms with E-state index < -0.39 is 0 Å². The van der Waals surface area contributed by atoms with Crippen LogP contribution in [0.1, 0.15) is 20.4 Å². The van der Waals surface area contributed by atoms with Crippen molar-refractivity contribution in [1.29, 1.82) is 0 Å². The Balaban J connectivity index is 1.74. The quantitative estimate of drug-likeness (QED) is 0.551.